The molecule has 0 radical (unpaired) electrons. The lowest BCUT2D eigenvalue weighted by Crippen LogP contribution is -2.36. The second-order valence-corrected chi connectivity index (χ2v) is 6.88. The van der Waals surface area contributed by atoms with E-state index < -0.39 is 42.3 Å². The van der Waals surface area contributed by atoms with Crippen LogP contribution in [0, 0.1) is 5.92 Å². The number of ether oxygens (including phenoxy) is 2. The molecule has 1 aliphatic carbocycles. The molecule has 142 valence electrons. The van der Waals surface area contributed by atoms with Crippen LogP contribution in [-0.4, -0.2) is 46.6 Å². The Hall–Kier alpha value is -2.18. The normalized spacial score (nSPS) is 35.3. The van der Waals surface area contributed by atoms with Gasteiger partial charge < -0.3 is 19.7 Å². The lowest BCUT2D eigenvalue weighted by molar-refractivity contribution is -0.147. The summed E-state index contributed by atoms with van der Waals surface area (Å²) < 4.78 is 11.0. The zero-order chi connectivity index (χ0) is 19.6. The molecular formula is C20H26O6. The standard InChI is InChI=1S/C20H26O6/c1-6-10(2)19(23)25-16-7-11(3)14(21)9-15(22)12(4)8-17-18(16)13(5)20(24)26-17/h6,8,14-18,21-22H,3,5,7,9H2,1-2,4H3/b10-6+,12-8-/t14-,15+,16-,17+,18-/m1/s1. The minimum Gasteiger partial charge on any atom is -0.458 e. The summed E-state index contributed by atoms with van der Waals surface area (Å²) in [6.07, 6.45) is 0.173. The molecule has 6 nitrogen and oxygen atoms in total. The van der Waals surface area contributed by atoms with Gasteiger partial charge in [-0.05, 0) is 38.0 Å². The van der Waals surface area contributed by atoms with Crippen molar-refractivity contribution in [2.45, 2.75) is 58.0 Å². The molecule has 5 atom stereocenters. The van der Waals surface area contributed by atoms with Gasteiger partial charge in [0.05, 0.1) is 18.1 Å². The SMILES string of the molecule is C=C1C(=O)O[C@H]2/C=C(/C)[C@@H](O)C[C@@H](O)C(=C)C[C@@H](OC(=O)/C(C)=C/C)[C@@H]12. The van der Waals surface area contributed by atoms with Crippen molar-refractivity contribution >= 4 is 11.9 Å². The number of hydrogen-bond acceptors (Lipinski definition) is 6. The zero-order valence-corrected chi connectivity index (χ0v) is 15.4. The van der Waals surface area contributed by atoms with E-state index in [0.717, 1.165) is 0 Å². The minimum atomic E-state index is -0.958. The molecule has 1 aliphatic heterocycles. The smallest absolute Gasteiger partial charge is 0.334 e. The van der Waals surface area contributed by atoms with Crippen molar-refractivity contribution in [3.63, 3.8) is 0 Å². The van der Waals surface area contributed by atoms with Gasteiger partial charge >= 0.3 is 11.9 Å². The van der Waals surface area contributed by atoms with Crippen LogP contribution < -0.4 is 0 Å². The molecule has 2 aliphatic rings. The summed E-state index contributed by atoms with van der Waals surface area (Å²) in [7, 11) is 0. The molecule has 2 N–H and O–H groups in total. The number of carbonyl (C=O) groups is 2. The highest BCUT2D eigenvalue weighted by Gasteiger charge is 2.45. The number of aliphatic hydroxyl groups is 2. The van der Waals surface area contributed by atoms with Crippen molar-refractivity contribution in [1.29, 1.82) is 0 Å². The molecule has 0 aromatic rings. The quantitative estimate of drug-likeness (QED) is 0.443. The van der Waals surface area contributed by atoms with E-state index >= 15 is 0 Å². The second kappa shape index (κ2) is 8.01. The Labute approximate surface area is 153 Å². The van der Waals surface area contributed by atoms with E-state index in [1.165, 1.54) is 0 Å². The first kappa shape index (κ1) is 20.1. The summed E-state index contributed by atoms with van der Waals surface area (Å²) in [5, 5.41) is 20.5. The van der Waals surface area contributed by atoms with Crippen LogP contribution in [0.1, 0.15) is 33.6 Å². The number of esters is 2. The van der Waals surface area contributed by atoms with Crippen molar-refractivity contribution in [2.75, 3.05) is 0 Å². The van der Waals surface area contributed by atoms with E-state index in [1.807, 2.05) is 0 Å². The maximum absolute atomic E-state index is 12.3. The van der Waals surface area contributed by atoms with Crippen LogP contribution in [0.2, 0.25) is 0 Å². The van der Waals surface area contributed by atoms with Crippen molar-refractivity contribution in [3.05, 3.63) is 47.6 Å². The van der Waals surface area contributed by atoms with E-state index in [0.29, 0.717) is 16.7 Å². The van der Waals surface area contributed by atoms with Crippen LogP contribution in [0.15, 0.2) is 47.6 Å². The Morgan fingerprint density at radius 2 is 2.00 bits per heavy atom. The summed E-state index contributed by atoms with van der Waals surface area (Å²) in [6, 6.07) is 0. The Bertz CT molecular complexity index is 686. The fourth-order valence-electron chi connectivity index (χ4n) is 3.10. The predicted molar refractivity (Wildman–Crippen MR) is 96.0 cm³/mol. The third-order valence-electron chi connectivity index (χ3n) is 5.01. The molecule has 6 heteroatoms. The third kappa shape index (κ3) is 4.14. The van der Waals surface area contributed by atoms with Gasteiger partial charge in [-0.1, -0.05) is 19.2 Å². The molecule has 0 unspecified atom stereocenters. The van der Waals surface area contributed by atoms with Gasteiger partial charge in [-0.3, -0.25) is 0 Å². The van der Waals surface area contributed by atoms with Gasteiger partial charge in [-0.25, -0.2) is 9.59 Å². The van der Waals surface area contributed by atoms with Gasteiger partial charge in [0.1, 0.15) is 12.2 Å². The molecule has 2 rings (SSSR count). The van der Waals surface area contributed by atoms with Crippen LogP contribution in [0.4, 0.5) is 0 Å². The number of rotatable bonds is 2. The lowest BCUT2D eigenvalue weighted by Gasteiger charge is -2.30. The molecule has 0 aromatic carbocycles. The first-order valence-electron chi connectivity index (χ1n) is 8.61. The predicted octanol–water partition coefficient (Wildman–Crippen LogP) is 1.98. The number of aliphatic hydroxyl groups excluding tert-OH is 2. The average Bonchev–Trinajstić information content (AvgIpc) is 2.86. The highest BCUT2D eigenvalue weighted by atomic mass is 16.6. The van der Waals surface area contributed by atoms with E-state index in [1.54, 1.807) is 32.9 Å². The summed E-state index contributed by atoms with van der Waals surface area (Å²) in [5.74, 6) is -1.68. The van der Waals surface area contributed by atoms with Gasteiger partial charge in [0.25, 0.3) is 0 Å². The zero-order valence-electron chi connectivity index (χ0n) is 15.4. The molecule has 0 amide bonds. The first-order chi connectivity index (χ1) is 12.1. The summed E-state index contributed by atoms with van der Waals surface area (Å²) in [5.41, 5.74) is 1.61. The number of carbonyl (C=O) groups excluding carboxylic acids is 2. The first-order valence-corrected chi connectivity index (χ1v) is 8.61. The van der Waals surface area contributed by atoms with Crippen LogP contribution >= 0.6 is 0 Å². The van der Waals surface area contributed by atoms with E-state index in [9.17, 15) is 19.8 Å². The maximum Gasteiger partial charge on any atom is 0.334 e. The molecule has 1 fully saturated rings. The van der Waals surface area contributed by atoms with E-state index in [-0.39, 0.29) is 18.4 Å². The molecule has 1 saturated heterocycles. The Balaban J connectivity index is 2.45. The van der Waals surface area contributed by atoms with Crippen molar-refractivity contribution in [2.24, 2.45) is 5.92 Å². The molecular weight excluding hydrogens is 336 g/mol. The van der Waals surface area contributed by atoms with Gasteiger partial charge in [0.2, 0.25) is 0 Å². The van der Waals surface area contributed by atoms with Crippen LogP contribution in [0.3, 0.4) is 0 Å². The van der Waals surface area contributed by atoms with Crippen molar-refractivity contribution in [1.82, 2.24) is 0 Å². The summed E-state index contributed by atoms with van der Waals surface area (Å²) in [4.78, 5) is 24.3. The summed E-state index contributed by atoms with van der Waals surface area (Å²) in [6.45, 7) is 12.7. The minimum absolute atomic E-state index is 0.0714. The molecule has 0 bridgehead atoms. The Morgan fingerprint density at radius 3 is 2.62 bits per heavy atom. The number of hydrogen-bond donors (Lipinski definition) is 2. The van der Waals surface area contributed by atoms with Gasteiger partial charge in [-0.2, -0.15) is 0 Å². The molecule has 26 heavy (non-hydrogen) atoms. The number of fused-ring (bicyclic) bond motifs is 1. The van der Waals surface area contributed by atoms with Crippen LogP contribution in [0.5, 0.6) is 0 Å². The Kier molecular flexibility index (Phi) is 6.21. The van der Waals surface area contributed by atoms with Crippen molar-refractivity contribution < 1.29 is 29.3 Å². The highest BCUT2D eigenvalue weighted by Crippen LogP contribution is 2.37. The molecule has 0 aromatic heterocycles. The fraction of sp³-hybridized carbons (Fsp3) is 0.500. The van der Waals surface area contributed by atoms with Gasteiger partial charge in [-0.15, -0.1) is 0 Å². The molecule has 0 saturated carbocycles. The van der Waals surface area contributed by atoms with Crippen LogP contribution in [0.25, 0.3) is 0 Å². The lowest BCUT2D eigenvalue weighted by atomic mass is 9.83. The highest BCUT2D eigenvalue weighted by molar-refractivity contribution is 5.92. The third-order valence-corrected chi connectivity index (χ3v) is 5.01. The topological polar surface area (TPSA) is 93.1 Å². The fourth-order valence-corrected chi connectivity index (χ4v) is 3.10. The monoisotopic (exact) mass is 362 g/mol. The Morgan fingerprint density at radius 1 is 1.35 bits per heavy atom. The molecule has 1 heterocycles. The van der Waals surface area contributed by atoms with E-state index in [2.05, 4.69) is 13.2 Å². The largest absolute Gasteiger partial charge is 0.458 e. The summed E-state index contributed by atoms with van der Waals surface area (Å²) >= 11 is 0. The van der Waals surface area contributed by atoms with Crippen molar-refractivity contribution in [3.8, 4) is 0 Å². The van der Waals surface area contributed by atoms with Crippen LogP contribution in [-0.2, 0) is 19.1 Å². The molecule has 0 spiro atoms. The average molecular weight is 362 g/mol. The van der Waals surface area contributed by atoms with E-state index in [4.69, 9.17) is 9.47 Å². The van der Waals surface area contributed by atoms with Gasteiger partial charge in [0, 0.05) is 24.0 Å². The number of allylic oxidation sites excluding steroid dienone is 1. The van der Waals surface area contributed by atoms with Gasteiger partial charge in [0.15, 0.2) is 0 Å². The second-order valence-electron chi connectivity index (χ2n) is 6.88. The maximum atomic E-state index is 12.3.